The van der Waals surface area contributed by atoms with Crippen LogP contribution < -0.4 is 5.32 Å². The van der Waals surface area contributed by atoms with Crippen LogP contribution in [-0.4, -0.2) is 25.8 Å². The number of benzene rings is 2. The van der Waals surface area contributed by atoms with Gasteiger partial charge in [0.15, 0.2) is 0 Å². The molecule has 4 rings (SSSR count). The zero-order valence-electron chi connectivity index (χ0n) is 14.2. The quantitative estimate of drug-likeness (QED) is 0.419. The second-order valence-electron chi connectivity index (χ2n) is 6.11. The van der Waals surface area contributed by atoms with E-state index in [1.54, 1.807) is 18.5 Å². The van der Waals surface area contributed by atoms with Crippen molar-refractivity contribution in [1.29, 1.82) is 0 Å². The molecule has 0 atom stereocenters. The van der Waals surface area contributed by atoms with Crippen LogP contribution in [0.15, 0.2) is 54.9 Å². The van der Waals surface area contributed by atoms with Gasteiger partial charge in [-0.2, -0.15) is 0 Å². The number of carbonyl (C=O) groups excluding carboxylic acids is 1. The van der Waals surface area contributed by atoms with Crippen molar-refractivity contribution in [1.82, 2.24) is 20.3 Å². The second kappa shape index (κ2) is 6.83. The molecule has 4 aromatic rings. The number of non-ortho nitro benzene ring substituents is 1. The number of aromatic amines is 1. The Morgan fingerprint density at radius 1 is 1.22 bits per heavy atom. The van der Waals surface area contributed by atoms with E-state index in [1.165, 1.54) is 12.1 Å². The number of rotatable bonds is 5. The maximum Gasteiger partial charge on any atom is 0.271 e. The summed E-state index contributed by atoms with van der Waals surface area (Å²) in [5.41, 5.74) is 2.10. The van der Waals surface area contributed by atoms with E-state index in [0.29, 0.717) is 16.9 Å². The molecule has 2 aromatic heterocycles. The first-order valence-electron chi connectivity index (χ1n) is 8.31. The van der Waals surface area contributed by atoms with Crippen LogP contribution in [-0.2, 0) is 17.8 Å². The summed E-state index contributed by atoms with van der Waals surface area (Å²) in [6.07, 6.45) is 3.72. The molecular formula is C19H15N5O3. The summed E-state index contributed by atoms with van der Waals surface area (Å²) < 4.78 is 0. The summed E-state index contributed by atoms with van der Waals surface area (Å²) in [4.78, 5) is 34.2. The summed E-state index contributed by atoms with van der Waals surface area (Å²) in [5, 5.41) is 15.7. The van der Waals surface area contributed by atoms with Gasteiger partial charge in [-0.15, -0.1) is 0 Å². The third-order valence-electron chi connectivity index (χ3n) is 4.30. The molecule has 27 heavy (non-hydrogen) atoms. The Bertz CT molecular complexity index is 1160. The van der Waals surface area contributed by atoms with Gasteiger partial charge in [0.1, 0.15) is 5.82 Å². The van der Waals surface area contributed by atoms with E-state index in [4.69, 9.17) is 0 Å². The molecule has 0 radical (unpaired) electrons. The lowest BCUT2D eigenvalue weighted by Gasteiger charge is -2.06. The summed E-state index contributed by atoms with van der Waals surface area (Å²) >= 11 is 0. The Hall–Kier alpha value is -3.81. The van der Waals surface area contributed by atoms with E-state index >= 15 is 0 Å². The Morgan fingerprint density at radius 3 is 2.96 bits per heavy atom. The van der Waals surface area contributed by atoms with Crippen molar-refractivity contribution in [3.8, 4) is 0 Å². The van der Waals surface area contributed by atoms with Crippen molar-refractivity contribution in [2.75, 3.05) is 0 Å². The number of nitro groups is 1. The van der Waals surface area contributed by atoms with Crippen molar-refractivity contribution >= 4 is 33.4 Å². The van der Waals surface area contributed by atoms with Crippen molar-refractivity contribution in [3.63, 3.8) is 0 Å². The predicted molar refractivity (Wildman–Crippen MR) is 100 cm³/mol. The van der Waals surface area contributed by atoms with Crippen LogP contribution in [0.5, 0.6) is 0 Å². The highest BCUT2D eigenvalue weighted by Gasteiger charge is 2.11. The van der Waals surface area contributed by atoms with Gasteiger partial charge in [-0.25, -0.2) is 4.98 Å². The van der Waals surface area contributed by atoms with Crippen molar-refractivity contribution in [2.45, 2.75) is 13.0 Å². The standard InChI is InChI=1S/C19H15N5O3/c25-19(8-12-2-1-3-13-10-20-7-6-15(12)13)21-11-18-22-16-5-4-14(24(26)27)9-17(16)23-18/h1-7,9-10H,8,11H2,(H,21,25)(H,22,23). The second-order valence-corrected chi connectivity index (χ2v) is 6.11. The van der Waals surface area contributed by atoms with E-state index in [1.807, 2.05) is 24.3 Å². The highest BCUT2D eigenvalue weighted by molar-refractivity contribution is 5.89. The molecule has 2 heterocycles. The number of H-pyrrole nitrogens is 1. The molecule has 0 saturated heterocycles. The van der Waals surface area contributed by atoms with Gasteiger partial charge >= 0.3 is 0 Å². The molecule has 2 aromatic carbocycles. The molecule has 0 unspecified atom stereocenters. The first-order chi connectivity index (χ1) is 13.1. The average molecular weight is 361 g/mol. The highest BCUT2D eigenvalue weighted by Crippen LogP contribution is 2.19. The Balaban J connectivity index is 1.46. The third kappa shape index (κ3) is 3.45. The summed E-state index contributed by atoms with van der Waals surface area (Å²) in [7, 11) is 0. The van der Waals surface area contributed by atoms with Gasteiger partial charge in [0.25, 0.3) is 5.69 Å². The number of carbonyl (C=O) groups is 1. The minimum atomic E-state index is -0.457. The Kier molecular flexibility index (Phi) is 4.21. The number of nitrogens with one attached hydrogen (secondary N) is 2. The van der Waals surface area contributed by atoms with Crippen molar-refractivity contribution in [3.05, 3.63) is 76.4 Å². The van der Waals surface area contributed by atoms with E-state index in [2.05, 4.69) is 20.3 Å². The summed E-state index contributed by atoms with van der Waals surface area (Å²) in [6, 6.07) is 12.1. The number of imidazole rings is 1. The van der Waals surface area contributed by atoms with Gasteiger partial charge in [-0.3, -0.25) is 19.9 Å². The van der Waals surface area contributed by atoms with Gasteiger partial charge in [-0.1, -0.05) is 18.2 Å². The zero-order valence-corrected chi connectivity index (χ0v) is 14.2. The largest absolute Gasteiger partial charge is 0.349 e. The van der Waals surface area contributed by atoms with Crippen LogP contribution in [0.1, 0.15) is 11.4 Å². The third-order valence-corrected chi connectivity index (χ3v) is 4.30. The van der Waals surface area contributed by atoms with E-state index < -0.39 is 4.92 Å². The summed E-state index contributed by atoms with van der Waals surface area (Å²) in [6.45, 7) is 0.216. The Labute approximate surface area is 153 Å². The average Bonchev–Trinajstić information content (AvgIpc) is 3.09. The lowest BCUT2D eigenvalue weighted by molar-refractivity contribution is -0.384. The fourth-order valence-electron chi connectivity index (χ4n) is 3.01. The molecule has 0 spiro atoms. The van der Waals surface area contributed by atoms with Crippen molar-refractivity contribution in [2.24, 2.45) is 0 Å². The smallest absolute Gasteiger partial charge is 0.271 e. The van der Waals surface area contributed by atoms with Crippen molar-refractivity contribution < 1.29 is 9.72 Å². The van der Waals surface area contributed by atoms with Gasteiger partial charge in [0, 0.05) is 29.9 Å². The lowest BCUT2D eigenvalue weighted by atomic mass is 10.0. The van der Waals surface area contributed by atoms with Gasteiger partial charge in [0.2, 0.25) is 5.91 Å². The number of hydrogen-bond donors (Lipinski definition) is 2. The molecular weight excluding hydrogens is 346 g/mol. The number of nitro benzene ring substituents is 1. The molecule has 0 aliphatic carbocycles. The molecule has 0 fully saturated rings. The van der Waals surface area contributed by atoms with Crippen LogP contribution in [0.3, 0.4) is 0 Å². The number of nitrogens with zero attached hydrogens (tertiary/aromatic N) is 3. The molecule has 0 aliphatic rings. The molecule has 8 heteroatoms. The SMILES string of the molecule is O=C(Cc1cccc2cnccc12)NCc1nc2ccc([N+](=O)[O-])cc2[nH]1. The van der Waals surface area contributed by atoms with Gasteiger partial charge in [-0.05, 0) is 23.1 Å². The maximum atomic E-state index is 12.3. The number of amides is 1. The zero-order chi connectivity index (χ0) is 18.8. The number of hydrogen-bond acceptors (Lipinski definition) is 5. The first kappa shape index (κ1) is 16.6. The first-order valence-corrected chi connectivity index (χ1v) is 8.31. The molecule has 0 saturated carbocycles. The number of pyridine rings is 1. The minimum absolute atomic E-state index is 0.00724. The van der Waals surface area contributed by atoms with Gasteiger partial charge in [0.05, 0.1) is 28.9 Å². The maximum absolute atomic E-state index is 12.3. The fourth-order valence-corrected chi connectivity index (χ4v) is 3.01. The molecule has 134 valence electrons. The topological polar surface area (TPSA) is 114 Å². The number of aromatic nitrogens is 3. The Morgan fingerprint density at radius 2 is 2.11 bits per heavy atom. The summed E-state index contributed by atoms with van der Waals surface area (Å²) in [5.74, 6) is 0.409. The van der Waals surface area contributed by atoms with Crippen LogP contribution in [0.2, 0.25) is 0 Å². The van der Waals surface area contributed by atoms with Crippen LogP contribution >= 0.6 is 0 Å². The van der Waals surface area contributed by atoms with Crippen LogP contribution in [0.25, 0.3) is 21.8 Å². The van der Waals surface area contributed by atoms with Crippen LogP contribution in [0.4, 0.5) is 5.69 Å². The van der Waals surface area contributed by atoms with E-state index in [-0.39, 0.29) is 24.6 Å². The van der Waals surface area contributed by atoms with Gasteiger partial charge < -0.3 is 10.3 Å². The molecule has 8 nitrogen and oxygen atoms in total. The van der Waals surface area contributed by atoms with E-state index in [9.17, 15) is 14.9 Å². The highest BCUT2D eigenvalue weighted by atomic mass is 16.6. The van der Waals surface area contributed by atoms with E-state index in [0.717, 1.165) is 16.3 Å². The molecule has 2 N–H and O–H groups in total. The molecule has 0 bridgehead atoms. The van der Waals surface area contributed by atoms with Crippen LogP contribution in [0, 0.1) is 10.1 Å². The lowest BCUT2D eigenvalue weighted by Crippen LogP contribution is -2.25. The normalized spacial score (nSPS) is 11.0. The fraction of sp³-hybridized carbons (Fsp3) is 0.105. The minimum Gasteiger partial charge on any atom is -0.349 e. The number of fused-ring (bicyclic) bond motifs is 2. The monoisotopic (exact) mass is 361 g/mol. The molecule has 0 aliphatic heterocycles. The molecule has 1 amide bonds. The predicted octanol–water partition coefficient (Wildman–Crippen LogP) is 2.88.